The van der Waals surface area contributed by atoms with Gasteiger partial charge in [0.1, 0.15) is 0 Å². The molecule has 130 valence electrons. The number of nitrogens with one attached hydrogen (secondary N) is 1. The van der Waals surface area contributed by atoms with E-state index in [4.69, 9.17) is 0 Å². The highest BCUT2D eigenvalue weighted by atomic mass is 15.0. The summed E-state index contributed by atoms with van der Waals surface area (Å²) in [5.41, 5.74) is 0.681. The maximum Gasteiger partial charge on any atom is 0.0124 e. The number of rotatable bonds is 3. The average molecular weight is 316 g/mol. The fourth-order valence-corrected chi connectivity index (χ4v) is 8.48. The van der Waals surface area contributed by atoms with Gasteiger partial charge in [-0.05, 0) is 106 Å². The number of fused-ring (bicyclic) bond motifs is 2. The Bertz CT molecular complexity index is 418. The maximum absolute atomic E-state index is 4.28. The largest absolute Gasteiger partial charge is 0.310 e. The lowest BCUT2D eigenvalue weighted by Crippen LogP contribution is -2.59. The Morgan fingerprint density at radius 2 is 1.48 bits per heavy atom. The summed E-state index contributed by atoms with van der Waals surface area (Å²) in [6.07, 6.45) is 17.0. The van der Waals surface area contributed by atoms with E-state index in [1.54, 1.807) is 38.5 Å². The van der Waals surface area contributed by atoms with Crippen molar-refractivity contribution in [1.29, 1.82) is 0 Å². The van der Waals surface area contributed by atoms with Crippen molar-refractivity contribution in [3.63, 3.8) is 0 Å². The summed E-state index contributed by atoms with van der Waals surface area (Å²) in [6, 6.07) is 1.59. The van der Waals surface area contributed by atoms with Crippen molar-refractivity contribution in [3.8, 4) is 0 Å². The van der Waals surface area contributed by atoms with Crippen LogP contribution in [0.2, 0.25) is 0 Å². The van der Waals surface area contributed by atoms with Gasteiger partial charge in [0.15, 0.2) is 0 Å². The molecule has 0 amide bonds. The summed E-state index contributed by atoms with van der Waals surface area (Å²) in [5.74, 6) is 6.25. The van der Waals surface area contributed by atoms with Crippen molar-refractivity contribution >= 4 is 0 Å². The molecule has 5 atom stereocenters. The van der Waals surface area contributed by atoms with Gasteiger partial charge in [0.2, 0.25) is 0 Å². The van der Waals surface area contributed by atoms with Gasteiger partial charge in [0.25, 0.3) is 0 Å². The molecule has 0 radical (unpaired) electrons. The van der Waals surface area contributed by atoms with Gasteiger partial charge < -0.3 is 5.32 Å². The first-order chi connectivity index (χ1) is 11.1. The highest BCUT2D eigenvalue weighted by Gasteiger charge is 2.53. The Kier molecular flexibility index (Phi) is 3.63. The summed E-state index contributed by atoms with van der Waals surface area (Å²) in [7, 11) is 0. The van der Waals surface area contributed by atoms with Crippen LogP contribution in [0.5, 0.6) is 0 Å². The van der Waals surface area contributed by atoms with E-state index in [1.165, 1.54) is 32.1 Å². The Hall–Kier alpha value is -0.0400. The van der Waals surface area contributed by atoms with Crippen LogP contribution in [-0.2, 0) is 0 Å². The van der Waals surface area contributed by atoms with E-state index >= 15 is 0 Å². The smallest absolute Gasteiger partial charge is 0.0124 e. The first kappa shape index (κ1) is 15.2. The molecule has 0 aromatic carbocycles. The molecule has 6 aliphatic carbocycles. The monoisotopic (exact) mass is 315 g/mol. The molecular weight excluding hydrogens is 278 g/mol. The molecule has 6 rings (SSSR count). The SMILES string of the molecule is CC1CC2CCCC(C2)C1NC(C)C12CC3CC(CC(C3)C1)C2. The zero-order valence-corrected chi connectivity index (χ0v) is 15.4. The minimum absolute atomic E-state index is 0.681. The highest BCUT2D eigenvalue weighted by Crippen LogP contribution is 2.61. The highest BCUT2D eigenvalue weighted by molar-refractivity contribution is 5.06. The van der Waals surface area contributed by atoms with Crippen LogP contribution in [0.15, 0.2) is 0 Å². The maximum atomic E-state index is 4.28. The van der Waals surface area contributed by atoms with Gasteiger partial charge in [0.05, 0.1) is 0 Å². The van der Waals surface area contributed by atoms with Crippen LogP contribution >= 0.6 is 0 Å². The second-order valence-electron chi connectivity index (χ2n) is 10.7. The average Bonchev–Trinajstić information content (AvgIpc) is 2.50. The van der Waals surface area contributed by atoms with Gasteiger partial charge in [-0.2, -0.15) is 0 Å². The predicted octanol–water partition coefficient (Wildman–Crippen LogP) is 5.40. The van der Waals surface area contributed by atoms with Crippen LogP contribution in [-0.4, -0.2) is 12.1 Å². The lowest BCUT2D eigenvalue weighted by molar-refractivity contribution is -0.0768. The topological polar surface area (TPSA) is 12.0 Å². The molecule has 6 aliphatic rings. The zero-order valence-electron chi connectivity index (χ0n) is 15.4. The van der Waals surface area contributed by atoms with Crippen LogP contribution in [0.1, 0.15) is 84.5 Å². The Morgan fingerprint density at radius 1 is 0.826 bits per heavy atom. The molecule has 1 heteroatoms. The van der Waals surface area contributed by atoms with E-state index in [0.29, 0.717) is 5.41 Å². The van der Waals surface area contributed by atoms with E-state index < -0.39 is 0 Å². The third kappa shape index (κ3) is 2.52. The molecule has 0 aromatic heterocycles. The fraction of sp³-hybridized carbons (Fsp3) is 1.00. The van der Waals surface area contributed by atoms with E-state index in [-0.39, 0.29) is 0 Å². The van der Waals surface area contributed by atoms with Crippen molar-refractivity contribution < 1.29 is 0 Å². The van der Waals surface area contributed by atoms with E-state index in [1.807, 2.05) is 0 Å². The molecule has 0 aromatic rings. The Morgan fingerprint density at radius 3 is 2.13 bits per heavy atom. The van der Waals surface area contributed by atoms with Crippen molar-refractivity contribution in [1.82, 2.24) is 5.32 Å². The van der Waals surface area contributed by atoms with Gasteiger partial charge in [-0.15, -0.1) is 0 Å². The van der Waals surface area contributed by atoms with Gasteiger partial charge in [0, 0.05) is 12.1 Å². The normalized spacial score (nSPS) is 55.8. The minimum atomic E-state index is 0.681. The molecule has 6 saturated carbocycles. The van der Waals surface area contributed by atoms with E-state index in [9.17, 15) is 0 Å². The molecule has 0 aliphatic heterocycles. The Balaban J connectivity index is 1.32. The summed E-state index contributed by atoms with van der Waals surface area (Å²) >= 11 is 0. The van der Waals surface area contributed by atoms with E-state index in [2.05, 4.69) is 19.2 Å². The van der Waals surface area contributed by atoms with Crippen LogP contribution < -0.4 is 5.32 Å². The van der Waals surface area contributed by atoms with Crippen LogP contribution in [0.3, 0.4) is 0 Å². The lowest BCUT2D eigenvalue weighted by atomic mass is 9.47. The third-order valence-electron chi connectivity index (χ3n) is 9.10. The predicted molar refractivity (Wildman–Crippen MR) is 96.2 cm³/mol. The second-order valence-corrected chi connectivity index (χ2v) is 10.7. The standard InChI is InChI=1S/C22H37N/c1-14-6-16-4-3-5-20(10-16)21(14)23-15(2)22-11-17-7-18(12-22)9-19(8-17)13-22/h14-21,23H,3-13H2,1-2H3. The van der Waals surface area contributed by atoms with Crippen LogP contribution in [0.25, 0.3) is 0 Å². The third-order valence-corrected chi connectivity index (χ3v) is 9.10. The van der Waals surface area contributed by atoms with Gasteiger partial charge in [-0.25, -0.2) is 0 Å². The quantitative estimate of drug-likeness (QED) is 0.735. The first-order valence-electron chi connectivity index (χ1n) is 10.9. The molecule has 1 N–H and O–H groups in total. The fourth-order valence-electron chi connectivity index (χ4n) is 8.48. The molecule has 0 saturated heterocycles. The van der Waals surface area contributed by atoms with Crippen molar-refractivity contribution in [3.05, 3.63) is 0 Å². The molecule has 6 bridgehead atoms. The summed E-state index contributed by atoms with van der Waals surface area (Å²) < 4.78 is 0. The first-order valence-corrected chi connectivity index (χ1v) is 10.9. The second kappa shape index (κ2) is 5.48. The van der Waals surface area contributed by atoms with Crippen LogP contribution in [0.4, 0.5) is 0 Å². The van der Waals surface area contributed by atoms with Crippen molar-refractivity contribution in [2.24, 2.45) is 40.9 Å². The Labute approximate surface area is 143 Å². The van der Waals surface area contributed by atoms with Crippen molar-refractivity contribution in [2.75, 3.05) is 0 Å². The van der Waals surface area contributed by atoms with E-state index in [0.717, 1.165) is 47.6 Å². The molecule has 0 spiro atoms. The molecule has 23 heavy (non-hydrogen) atoms. The van der Waals surface area contributed by atoms with Gasteiger partial charge >= 0.3 is 0 Å². The number of hydrogen-bond acceptors (Lipinski definition) is 1. The number of hydrogen-bond donors (Lipinski definition) is 1. The molecule has 1 nitrogen and oxygen atoms in total. The van der Waals surface area contributed by atoms with Gasteiger partial charge in [-0.1, -0.05) is 19.8 Å². The summed E-state index contributed by atoms with van der Waals surface area (Å²) in [6.45, 7) is 5.13. The summed E-state index contributed by atoms with van der Waals surface area (Å²) in [4.78, 5) is 0. The molecule has 6 fully saturated rings. The zero-order chi connectivity index (χ0) is 15.6. The van der Waals surface area contributed by atoms with Crippen LogP contribution in [0, 0.1) is 40.9 Å². The van der Waals surface area contributed by atoms with Crippen molar-refractivity contribution in [2.45, 2.75) is 96.6 Å². The molecule has 5 unspecified atom stereocenters. The molecule has 0 heterocycles. The van der Waals surface area contributed by atoms with Gasteiger partial charge in [-0.3, -0.25) is 0 Å². The minimum Gasteiger partial charge on any atom is -0.310 e. The lowest BCUT2D eigenvalue weighted by Gasteiger charge is -2.60. The summed E-state index contributed by atoms with van der Waals surface area (Å²) in [5, 5.41) is 4.28. The molecular formula is C22H37N.